The molecule has 0 saturated heterocycles. The molecular weight excluding hydrogens is 270 g/mol. The molecule has 0 aliphatic carbocycles. The number of rotatable bonds is 3. The van der Waals surface area contributed by atoms with Crippen molar-refractivity contribution in [2.45, 2.75) is 19.8 Å². The predicted octanol–water partition coefficient (Wildman–Crippen LogP) is 5.08. The lowest BCUT2D eigenvalue weighted by molar-refractivity contribution is 0.825. The lowest BCUT2D eigenvalue weighted by Gasteiger charge is -2.10. The first-order valence-electron chi connectivity index (χ1n) is 6.64. The third-order valence-electron chi connectivity index (χ3n) is 3.26. The maximum Gasteiger partial charge on any atom is 0.130 e. The van der Waals surface area contributed by atoms with Crippen LogP contribution < -0.4 is 5.32 Å². The Hall–Kier alpha value is -2.00. The van der Waals surface area contributed by atoms with Crippen LogP contribution in [0.25, 0.3) is 10.9 Å². The Morgan fingerprint density at radius 1 is 1.20 bits per heavy atom. The Bertz CT molecular complexity index is 746. The largest absolute Gasteiger partial charge is 0.361 e. The van der Waals surface area contributed by atoms with E-state index in [4.69, 9.17) is 11.6 Å². The molecule has 102 valence electrons. The van der Waals surface area contributed by atoms with Gasteiger partial charge in [0.25, 0.3) is 0 Å². The van der Waals surface area contributed by atoms with Gasteiger partial charge in [0.05, 0.1) is 5.69 Å². The summed E-state index contributed by atoms with van der Waals surface area (Å²) in [7, 11) is 0. The molecule has 3 rings (SSSR count). The Morgan fingerprint density at radius 3 is 2.85 bits per heavy atom. The molecular formula is C16H16ClN3. The summed E-state index contributed by atoms with van der Waals surface area (Å²) < 4.78 is 0. The maximum absolute atomic E-state index is 6.15. The van der Waals surface area contributed by atoms with Crippen molar-refractivity contribution < 1.29 is 0 Å². The lowest BCUT2D eigenvalue weighted by atomic mass is 10.1. The lowest BCUT2D eigenvalue weighted by Crippen LogP contribution is -1.98. The summed E-state index contributed by atoms with van der Waals surface area (Å²) in [4.78, 5) is 7.80. The second kappa shape index (κ2) is 5.17. The van der Waals surface area contributed by atoms with Gasteiger partial charge in [0.2, 0.25) is 0 Å². The van der Waals surface area contributed by atoms with Crippen molar-refractivity contribution in [3.8, 4) is 0 Å². The van der Waals surface area contributed by atoms with Crippen molar-refractivity contribution >= 4 is 34.0 Å². The van der Waals surface area contributed by atoms with Gasteiger partial charge in [-0.05, 0) is 36.2 Å². The van der Waals surface area contributed by atoms with Crippen molar-refractivity contribution in [2.24, 2.45) is 0 Å². The number of aromatic nitrogens is 2. The molecule has 3 aromatic rings. The van der Waals surface area contributed by atoms with Gasteiger partial charge >= 0.3 is 0 Å². The van der Waals surface area contributed by atoms with E-state index in [1.54, 1.807) is 0 Å². The number of fused-ring (bicyclic) bond motifs is 1. The summed E-state index contributed by atoms with van der Waals surface area (Å²) in [6.45, 7) is 4.27. The van der Waals surface area contributed by atoms with Crippen molar-refractivity contribution in [1.82, 2.24) is 9.97 Å². The first kappa shape index (κ1) is 13.0. The molecule has 2 aromatic heterocycles. The van der Waals surface area contributed by atoms with Gasteiger partial charge in [-0.2, -0.15) is 0 Å². The fraction of sp³-hybridized carbons (Fsp3) is 0.188. The number of anilines is 2. The molecule has 4 heteroatoms. The average Bonchev–Trinajstić information content (AvgIpc) is 2.87. The topological polar surface area (TPSA) is 40.7 Å². The summed E-state index contributed by atoms with van der Waals surface area (Å²) in [6.07, 6.45) is 1.91. The normalized spacial score (nSPS) is 11.2. The van der Waals surface area contributed by atoms with Crippen molar-refractivity contribution in [1.29, 1.82) is 0 Å². The van der Waals surface area contributed by atoms with Gasteiger partial charge in [-0.25, -0.2) is 4.98 Å². The number of H-pyrrole nitrogens is 1. The minimum absolute atomic E-state index is 0.406. The Balaban J connectivity index is 2.00. The molecule has 0 saturated carbocycles. The highest BCUT2D eigenvalue weighted by atomic mass is 35.5. The quantitative estimate of drug-likeness (QED) is 0.704. The maximum atomic E-state index is 6.15. The molecule has 0 amide bonds. The number of nitrogens with zero attached hydrogens (tertiary/aromatic N) is 1. The fourth-order valence-electron chi connectivity index (χ4n) is 2.22. The molecule has 0 bridgehead atoms. The molecule has 0 aliphatic heterocycles. The average molecular weight is 286 g/mol. The van der Waals surface area contributed by atoms with E-state index in [0.717, 1.165) is 28.1 Å². The molecule has 0 unspecified atom stereocenters. The van der Waals surface area contributed by atoms with E-state index in [1.165, 1.54) is 0 Å². The number of nitrogens with one attached hydrogen (secondary N) is 2. The first-order chi connectivity index (χ1) is 9.63. The van der Waals surface area contributed by atoms with E-state index >= 15 is 0 Å². The standard InChI is InChI=1S/C16H16ClN3/c1-10(2)13-4-3-5-16(19-13)20-15-9-11(17)8-14-12(15)6-7-18-14/h3-10,18H,1-2H3,(H,19,20). The third kappa shape index (κ3) is 2.49. The smallest absolute Gasteiger partial charge is 0.130 e. The minimum Gasteiger partial charge on any atom is -0.361 e. The number of pyridine rings is 1. The number of benzene rings is 1. The number of aromatic amines is 1. The number of hydrogen-bond donors (Lipinski definition) is 2. The van der Waals surface area contributed by atoms with Crippen molar-refractivity contribution in [3.05, 3.63) is 53.3 Å². The van der Waals surface area contributed by atoms with Gasteiger partial charge in [0, 0.05) is 27.8 Å². The second-order valence-corrected chi connectivity index (χ2v) is 5.56. The van der Waals surface area contributed by atoms with Gasteiger partial charge in [-0.3, -0.25) is 0 Å². The van der Waals surface area contributed by atoms with Crippen LogP contribution in [-0.4, -0.2) is 9.97 Å². The van der Waals surface area contributed by atoms with E-state index in [2.05, 4.69) is 29.1 Å². The van der Waals surface area contributed by atoms with Crippen LogP contribution in [-0.2, 0) is 0 Å². The van der Waals surface area contributed by atoms with Crippen molar-refractivity contribution in [2.75, 3.05) is 5.32 Å². The van der Waals surface area contributed by atoms with Gasteiger partial charge < -0.3 is 10.3 Å². The second-order valence-electron chi connectivity index (χ2n) is 5.12. The number of hydrogen-bond acceptors (Lipinski definition) is 2. The molecule has 0 aliphatic rings. The van der Waals surface area contributed by atoms with E-state index in [0.29, 0.717) is 10.9 Å². The van der Waals surface area contributed by atoms with Gasteiger partial charge in [0.15, 0.2) is 0 Å². The molecule has 20 heavy (non-hydrogen) atoms. The predicted molar refractivity (Wildman–Crippen MR) is 84.9 cm³/mol. The zero-order valence-electron chi connectivity index (χ0n) is 11.4. The summed E-state index contributed by atoms with van der Waals surface area (Å²) in [5, 5.41) is 5.15. The zero-order chi connectivity index (χ0) is 14.1. The Labute approximate surface area is 123 Å². The summed E-state index contributed by atoms with van der Waals surface area (Å²) in [6, 6.07) is 11.9. The zero-order valence-corrected chi connectivity index (χ0v) is 12.2. The van der Waals surface area contributed by atoms with E-state index in [-0.39, 0.29) is 0 Å². The monoisotopic (exact) mass is 285 g/mol. The summed E-state index contributed by atoms with van der Waals surface area (Å²) >= 11 is 6.15. The summed E-state index contributed by atoms with van der Waals surface area (Å²) in [5.74, 6) is 1.24. The van der Waals surface area contributed by atoms with Crippen molar-refractivity contribution in [3.63, 3.8) is 0 Å². The molecule has 2 N–H and O–H groups in total. The van der Waals surface area contributed by atoms with Crippen LogP contribution in [0, 0.1) is 0 Å². The van der Waals surface area contributed by atoms with Gasteiger partial charge in [-0.15, -0.1) is 0 Å². The van der Waals surface area contributed by atoms with Crippen LogP contribution in [0.1, 0.15) is 25.5 Å². The Kier molecular flexibility index (Phi) is 3.36. The highest BCUT2D eigenvalue weighted by Crippen LogP contribution is 2.29. The van der Waals surface area contributed by atoms with Crippen LogP contribution in [0.2, 0.25) is 5.02 Å². The first-order valence-corrected chi connectivity index (χ1v) is 7.02. The molecule has 0 spiro atoms. The number of halogens is 1. The molecule has 1 aromatic carbocycles. The Morgan fingerprint density at radius 2 is 2.05 bits per heavy atom. The molecule has 0 radical (unpaired) electrons. The van der Waals surface area contributed by atoms with Gasteiger partial charge in [-0.1, -0.05) is 31.5 Å². The van der Waals surface area contributed by atoms with Crippen LogP contribution >= 0.6 is 11.6 Å². The minimum atomic E-state index is 0.406. The molecule has 2 heterocycles. The van der Waals surface area contributed by atoms with Crippen LogP contribution in [0.4, 0.5) is 11.5 Å². The van der Waals surface area contributed by atoms with Gasteiger partial charge in [0.1, 0.15) is 5.82 Å². The molecule has 0 fully saturated rings. The SMILES string of the molecule is CC(C)c1cccc(Nc2cc(Cl)cc3[nH]ccc23)n1. The third-order valence-corrected chi connectivity index (χ3v) is 3.48. The van der Waals surface area contributed by atoms with Crippen LogP contribution in [0.15, 0.2) is 42.6 Å². The van der Waals surface area contributed by atoms with E-state index in [9.17, 15) is 0 Å². The van der Waals surface area contributed by atoms with E-state index in [1.807, 2.05) is 42.6 Å². The molecule has 0 atom stereocenters. The van der Waals surface area contributed by atoms with Crippen LogP contribution in [0.5, 0.6) is 0 Å². The summed E-state index contributed by atoms with van der Waals surface area (Å²) in [5.41, 5.74) is 3.05. The van der Waals surface area contributed by atoms with E-state index < -0.39 is 0 Å². The molecule has 3 nitrogen and oxygen atoms in total. The highest BCUT2D eigenvalue weighted by molar-refractivity contribution is 6.31. The fourth-order valence-corrected chi connectivity index (χ4v) is 2.43. The van der Waals surface area contributed by atoms with Crippen LogP contribution in [0.3, 0.4) is 0 Å². The highest BCUT2D eigenvalue weighted by Gasteiger charge is 2.07.